The van der Waals surface area contributed by atoms with Gasteiger partial charge in [0.05, 0.1) is 12.7 Å². The summed E-state index contributed by atoms with van der Waals surface area (Å²) >= 11 is 0. The van der Waals surface area contributed by atoms with Crippen molar-refractivity contribution in [2.45, 2.75) is 20.3 Å². The molecule has 0 saturated heterocycles. The second-order valence-corrected chi connectivity index (χ2v) is 5.43. The SMILES string of the molecule is Cc1ccc(C)c(NC(=O)CCNCC(=O)Nc2cnccn2)c1. The van der Waals surface area contributed by atoms with Gasteiger partial charge < -0.3 is 16.0 Å². The molecule has 1 heterocycles. The number of amides is 2. The number of hydrogen-bond acceptors (Lipinski definition) is 5. The molecule has 0 atom stereocenters. The summed E-state index contributed by atoms with van der Waals surface area (Å²) in [5.74, 6) is 0.0768. The molecule has 0 aliphatic carbocycles. The van der Waals surface area contributed by atoms with Gasteiger partial charge in [-0.3, -0.25) is 14.6 Å². The molecule has 1 aromatic carbocycles. The molecule has 0 spiro atoms. The molecule has 7 heteroatoms. The second kappa shape index (κ2) is 8.73. The molecule has 0 saturated carbocycles. The smallest absolute Gasteiger partial charge is 0.239 e. The lowest BCUT2D eigenvalue weighted by Crippen LogP contribution is -2.30. The quantitative estimate of drug-likeness (QED) is 0.672. The van der Waals surface area contributed by atoms with E-state index < -0.39 is 0 Å². The minimum absolute atomic E-state index is 0.0921. The topological polar surface area (TPSA) is 96.0 Å². The Bertz CT molecular complexity index is 703. The third-order valence-corrected chi connectivity index (χ3v) is 3.31. The zero-order valence-corrected chi connectivity index (χ0v) is 13.8. The van der Waals surface area contributed by atoms with E-state index >= 15 is 0 Å². The van der Waals surface area contributed by atoms with E-state index in [0.717, 1.165) is 16.8 Å². The number of nitrogens with one attached hydrogen (secondary N) is 3. The van der Waals surface area contributed by atoms with Crippen LogP contribution < -0.4 is 16.0 Å². The molecule has 2 aromatic rings. The number of rotatable bonds is 7. The summed E-state index contributed by atoms with van der Waals surface area (Å²) in [6.07, 6.45) is 4.78. The van der Waals surface area contributed by atoms with Gasteiger partial charge in [0.2, 0.25) is 11.8 Å². The molecule has 0 bridgehead atoms. The lowest BCUT2D eigenvalue weighted by atomic mass is 10.1. The third kappa shape index (κ3) is 5.77. The fraction of sp³-hybridized carbons (Fsp3) is 0.294. The fourth-order valence-electron chi connectivity index (χ4n) is 2.04. The number of benzene rings is 1. The van der Waals surface area contributed by atoms with Crippen molar-refractivity contribution in [2.75, 3.05) is 23.7 Å². The highest BCUT2D eigenvalue weighted by molar-refractivity contribution is 5.92. The highest BCUT2D eigenvalue weighted by Gasteiger charge is 2.06. The average Bonchev–Trinajstić information content (AvgIpc) is 2.56. The first-order chi connectivity index (χ1) is 11.5. The van der Waals surface area contributed by atoms with Crippen LogP contribution >= 0.6 is 0 Å². The molecular weight excluding hydrogens is 306 g/mol. The molecule has 7 nitrogen and oxygen atoms in total. The predicted octanol–water partition coefficient (Wildman–Crippen LogP) is 1.65. The molecule has 2 amide bonds. The van der Waals surface area contributed by atoms with Gasteiger partial charge in [0.15, 0.2) is 5.82 Å². The molecule has 24 heavy (non-hydrogen) atoms. The minimum atomic E-state index is -0.231. The molecule has 126 valence electrons. The van der Waals surface area contributed by atoms with Gasteiger partial charge in [-0.2, -0.15) is 0 Å². The first-order valence-corrected chi connectivity index (χ1v) is 7.68. The van der Waals surface area contributed by atoms with E-state index in [1.54, 1.807) is 0 Å². The second-order valence-electron chi connectivity index (χ2n) is 5.43. The first-order valence-electron chi connectivity index (χ1n) is 7.68. The van der Waals surface area contributed by atoms with Crippen molar-refractivity contribution in [3.63, 3.8) is 0 Å². The zero-order valence-electron chi connectivity index (χ0n) is 13.8. The molecule has 3 N–H and O–H groups in total. The Kier molecular flexibility index (Phi) is 6.39. The van der Waals surface area contributed by atoms with E-state index in [0.29, 0.717) is 12.4 Å². The maximum absolute atomic E-state index is 11.9. The Hall–Kier alpha value is -2.80. The van der Waals surface area contributed by atoms with Crippen molar-refractivity contribution in [3.05, 3.63) is 47.9 Å². The normalized spacial score (nSPS) is 10.2. The Morgan fingerprint density at radius 2 is 1.92 bits per heavy atom. The average molecular weight is 327 g/mol. The van der Waals surface area contributed by atoms with Crippen molar-refractivity contribution in [1.82, 2.24) is 15.3 Å². The summed E-state index contributed by atoms with van der Waals surface area (Å²) in [4.78, 5) is 31.4. The van der Waals surface area contributed by atoms with Crippen LogP contribution in [0.5, 0.6) is 0 Å². The Morgan fingerprint density at radius 1 is 1.08 bits per heavy atom. The molecule has 0 aliphatic rings. The fourth-order valence-corrected chi connectivity index (χ4v) is 2.04. The number of aryl methyl sites for hydroxylation is 2. The molecule has 0 radical (unpaired) electrons. The van der Waals surface area contributed by atoms with Crippen LogP contribution in [0.25, 0.3) is 0 Å². The van der Waals surface area contributed by atoms with Crippen LogP contribution in [0.15, 0.2) is 36.8 Å². The van der Waals surface area contributed by atoms with Crippen molar-refractivity contribution in [1.29, 1.82) is 0 Å². The molecular formula is C17H21N5O2. The van der Waals surface area contributed by atoms with Crippen molar-refractivity contribution in [3.8, 4) is 0 Å². The van der Waals surface area contributed by atoms with Crippen LogP contribution in [0.2, 0.25) is 0 Å². The number of anilines is 2. The monoisotopic (exact) mass is 327 g/mol. The molecule has 0 unspecified atom stereocenters. The van der Waals surface area contributed by atoms with E-state index in [2.05, 4.69) is 25.9 Å². The van der Waals surface area contributed by atoms with Crippen LogP contribution in [-0.2, 0) is 9.59 Å². The number of carbonyl (C=O) groups is 2. The van der Waals surface area contributed by atoms with Crippen LogP contribution in [0.4, 0.5) is 11.5 Å². The first kappa shape index (κ1) is 17.6. The lowest BCUT2D eigenvalue weighted by Gasteiger charge is -2.10. The van der Waals surface area contributed by atoms with Gasteiger partial charge >= 0.3 is 0 Å². The van der Waals surface area contributed by atoms with Crippen molar-refractivity contribution < 1.29 is 9.59 Å². The van der Waals surface area contributed by atoms with Gasteiger partial charge in [0.1, 0.15) is 0 Å². The van der Waals surface area contributed by atoms with Gasteiger partial charge in [-0.1, -0.05) is 12.1 Å². The van der Waals surface area contributed by atoms with Crippen LogP contribution in [0, 0.1) is 13.8 Å². The standard InChI is InChI=1S/C17H21N5O2/c1-12-3-4-13(2)14(9-12)21-16(23)5-6-18-11-17(24)22-15-10-19-7-8-20-15/h3-4,7-10,18H,5-6,11H2,1-2H3,(H,21,23)(H,20,22,24). The Labute approximate surface area is 140 Å². The van der Waals surface area contributed by atoms with E-state index in [4.69, 9.17) is 0 Å². The van der Waals surface area contributed by atoms with Gasteiger partial charge in [-0.25, -0.2) is 4.98 Å². The van der Waals surface area contributed by atoms with E-state index in [-0.39, 0.29) is 24.8 Å². The summed E-state index contributed by atoms with van der Waals surface area (Å²) in [7, 11) is 0. The number of nitrogens with zero attached hydrogens (tertiary/aromatic N) is 2. The Balaban J connectivity index is 1.67. The largest absolute Gasteiger partial charge is 0.326 e. The van der Waals surface area contributed by atoms with Crippen LogP contribution in [0.3, 0.4) is 0 Å². The number of aromatic nitrogens is 2. The number of hydrogen-bond donors (Lipinski definition) is 3. The van der Waals surface area contributed by atoms with E-state index in [1.165, 1.54) is 18.6 Å². The highest BCUT2D eigenvalue weighted by atomic mass is 16.2. The zero-order chi connectivity index (χ0) is 17.4. The lowest BCUT2D eigenvalue weighted by molar-refractivity contribution is -0.117. The Morgan fingerprint density at radius 3 is 2.67 bits per heavy atom. The minimum Gasteiger partial charge on any atom is -0.326 e. The van der Waals surface area contributed by atoms with Crippen molar-refractivity contribution in [2.24, 2.45) is 0 Å². The van der Waals surface area contributed by atoms with Crippen LogP contribution in [0.1, 0.15) is 17.5 Å². The molecule has 1 aromatic heterocycles. The van der Waals surface area contributed by atoms with Gasteiger partial charge in [0, 0.05) is 31.0 Å². The highest BCUT2D eigenvalue weighted by Crippen LogP contribution is 2.16. The molecule has 0 fully saturated rings. The maximum atomic E-state index is 11.9. The third-order valence-electron chi connectivity index (χ3n) is 3.31. The summed E-state index contributed by atoms with van der Waals surface area (Å²) in [5, 5.41) is 8.42. The number of carbonyl (C=O) groups excluding carboxylic acids is 2. The predicted molar refractivity (Wildman–Crippen MR) is 92.7 cm³/mol. The van der Waals surface area contributed by atoms with Crippen LogP contribution in [-0.4, -0.2) is 34.9 Å². The maximum Gasteiger partial charge on any atom is 0.239 e. The summed E-state index contributed by atoms with van der Waals surface area (Å²) in [6, 6.07) is 5.91. The van der Waals surface area contributed by atoms with Gasteiger partial charge in [-0.15, -0.1) is 0 Å². The van der Waals surface area contributed by atoms with Crippen molar-refractivity contribution >= 4 is 23.3 Å². The summed E-state index contributed by atoms with van der Waals surface area (Å²) in [6.45, 7) is 4.44. The van der Waals surface area contributed by atoms with Gasteiger partial charge in [-0.05, 0) is 31.0 Å². The molecule has 2 rings (SSSR count). The summed E-state index contributed by atoms with van der Waals surface area (Å²) < 4.78 is 0. The molecule has 0 aliphatic heterocycles. The van der Waals surface area contributed by atoms with E-state index in [1.807, 2.05) is 32.0 Å². The van der Waals surface area contributed by atoms with Gasteiger partial charge in [0.25, 0.3) is 0 Å². The summed E-state index contributed by atoms with van der Waals surface area (Å²) in [5.41, 5.74) is 2.93. The van der Waals surface area contributed by atoms with E-state index in [9.17, 15) is 9.59 Å².